The van der Waals surface area contributed by atoms with Crippen LogP contribution in [0.25, 0.3) is 16.7 Å². The molecule has 6 nitrogen and oxygen atoms in total. The van der Waals surface area contributed by atoms with Gasteiger partial charge in [0.05, 0.1) is 18.7 Å². The van der Waals surface area contributed by atoms with E-state index in [2.05, 4.69) is 4.98 Å². The van der Waals surface area contributed by atoms with Crippen LogP contribution in [-0.2, 0) is 16.0 Å². The van der Waals surface area contributed by atoms with Crippen LogP contribution < -0.4 is 4.74 Å². The number of para-hydroxylation sites is 1. The van der Waals surface area contributed by atoms with E-state index >= 15 is 0 Å². The highest BCUT2D eigenvalue weighted by atomic mass is 35.5. The van der Waals surface area contributed by atoms with Crippen LogP contribution in [0.1, 0.15) is 22.7 Å². The van der Waals surface area contributed by atoms with Crippen LogP contribution in [0.2, 0.25) is 5.02 Å². The van der Waals surface area contributed by atoms with E-state index < -0.39 is 17.7 Å². The number of Topliss-reactive ketones (excluding diaryl/α,β-unsaturated/α-hetero) is 1. The van der Waals surface area contributed by atoms with Gasteiger partial charge in [0.25, 0.3) is 11.7 Å². The van der Waals surface area contributed by atoms with Crippen LogP contribution in [0.5, 0.6) is 5.75 Å². The number of halogens is 1. The Balaban J connectivity index is 1.57. The van der Waals surface area contributed by atoms with Gasteiger partial charge >= 0.3 is 0 Å². The molecular formula is C28H23ClN2O4. The van der Waals surface area contributed by atoms with E-state index in [1.54, 1.807) is 55.6 Å². The summed E-state index contributed by atoms with van der Waals surface area (Å²) in [5, 5.41) is 12.7. The Hall–Kier alpha value is -4.03. The van der Waals surface area contributed by atoms with Crippen molar-refractivity contribution in [2.75, 3.05) is 13.7 Å². The first-order valence-corrected chi connectivity index (χ1v) is 11.6. The van der Waals surface area contributed by atoms with Gasteiger partial charge in [-0.3, -0.25) is 9.59 Å². The number of aromatic amines is 1. The van der Waals surface area contributed by atoms with Gasteiger partial charge in [-0.2, -0.15) is 0 Å². The molecule has 1 aliphatic heterocycles. The van der Waals surface area contributed by atoms with E-state index in [4.69, 9.17) is 16.3 Å². The highest BCUT2D eigenvalue weighted by Gasteiger charge is 2.46. The number of hydrogen-bond acceptors (Lipinski definition) is 4. The van der Waals surface area contributed by atoms with Gasteiger partial charge in [0, 0.05) is 34.2 Å². The number of hydrogen-bond donors (Lipinski definition) is 2. The Labute approximate surface area is 207 Å². The molecular weight excluding hydrogens is 464 g/mol. The fraction of sp³-hybridized carbons (Fsp3) is 0.143. The molecule has 2 N–H and O–H groups in total. The van der Waals surface area contributed by atoms with Gasteiger partial charge in [-0.1, -0.05) is 48.0 Å². The number of likely N-dealkylation sites (tertiary alicyclic amines) is 1. The van der Waals surface area contributed by atoms with Crippen molar-refractivity contribution >= 4 is 40.0 Å². The fourth-order valence-electron chi connectivity index (χ4n) is 4.61. The maximum atomic E-state index is 13.2. The summed E-state index contributed by atoms with van der Waals surface area (Å²) in [4.78, 5) is 31.2. The van der Waals surface area contributed by atoms with Crippen molar-refractivity contribution in [3.63, 3.8) is 0 Å². The molecule has 1 fully saturated rings. The van der Waals surface area contributed by atoms with Crippen molar-refractivity contribution in [3.8, 4) is 5.75 Å². The Kier molecular flexibility index (Phi) is 6.05. The lowest BCUT2D eigenvalue weighted by Gasteiger charge is -2.26. The third-order valence-corrected chi connectivity index (χ3v) is 6.74. The largest absolute Gasteiger partial charge is 0.507 e. The molecule has 35 heavy (non-hydrogen) atoms. The van der Waals surface area contributed by atoms with Gasteiger partial charge in [0.1, 0.15) is 11.5 Å². The number of rotatable bonds is 6. The summed E-state index contributed by atoms with van der Waals surface area (Å²) >= 11 is 6.52. The summed E-state index contributed by atoms with van der Waals surface area (Å²) in [6, 6.07) is 20.9. The SMILES string of the molecule is COc1ccc(C(O)=C2C(=O)C(=O)N(CCc3c[nH]c4ccccc34)[C@@H]2c2ccccc2Cl)cc1. The summed E-state index contributed by atoms with van der Waals surface area (Å²) in [5.74, 6) is -1.03. The predicted octanol–water partition coefficient (Wildman–Crippen LogP) is 5.49. The van der Waals surface area contributed by atoms with E-state index in [1.807, 2.05) is 30.5 Å². The van der Waals surface area contributed by atoms with Gasteiger partial charge < -0.3 is 19.7 Å². The highest BCUT2D eigenvalue weighted by molar-refractivity contribution is 6.47. The molecule has 1 amide bonds. The van der Waals surface area contributed by atoms with E-state index in [0.717, 1.165) is 16.5 Å². The number of nitrogens with one attached hydrogen (secondary N) is 1. The number of aliphatic hydroxyl groups is 1. The number of carbonyl (C=O) groups excluding carboxylic acids is 2. The number of nitrogens with zero attached hydrogens (tertiary/aromatic N) is 1. The number of aliphatic hydroxyl groups excluding tert-OH is 1. The highest BCUT2D eigenvalue weighted by Crippen LogP contribution is 2.42. The van der Waals surface area contributed by atoms with E-state index in [1.165, 1.54) is 4.90 Å². The molecule has 2 heterocycles. The quantitative estimate of drug-likeness (QED) is 0.214. The van der Waals surface area contributed by atoms with Gasteiger partial charge in [-0.05, 0) is 53.9 Å². The summed E-state index contributed by atoms with van der Waals surface area (Å²) < 4.78 is 5.19. The topological polar surface area (TPSA) is 82.6 Å². The summed E-state index contributed by atoms with van der Waals surface area (Å²) in [6.07, 6.45) is 2.45. The Morgan fingerprint density at radius 3 is 2.49 bits per heavy atom. The second kappa shape index (κ2) is 9.31. The number of methoxy groups -OCH3 is 1. The van der Waals surface area contributed by atoms with Crippen molar-refractivity contribution < 1.29 is 19.4 Å². The van der Waals surface area contributed by atoms with E-state index in [0.29, 0.717) is 28.3 Å². The monoisotopic (exact) mass is 486 g/mol. The number of aromatic nitrogens is 1. The van der Waals surface area contributed by atoms with Crippen LogP contribution in [0, 0.1) is 0 Å². The predicted molar refractivity (Wildman–Crippen MR) is 135 cm³/mol. The van der Waals surface area contributed by atoms with Crippen molar-refractivity contribution in [2.45, 2.75) is 12.5 Å². The Morgan fingerprint density at radius 2 is 1.74 bits per heavy atom. The second-order valence-electron chi connectivity index (χ2n) is 8.35. The average Bonchev–Trinajstić information content (AvgIpc) is 3.41. The molecule has 3 aromatic carbocycles. The Morgan fingerprint density at radius 1 is 1.03 bits per heavy atom. The molecule has 0 radical (unpaired) electrons. The van der Waals surface area contributed by atoms with Crippen molar-refractivity contribution in [1.82, 2.24) is 9.88 Å². The van der Waals surface area contributed by atoms with Crippen molar-refractivity contribution in [2.24, 2.45) is 0 Å². The molecule has 0 bridgehead atoms. The van der Waals surface area contributed by atoms with Gasteiger partial charge in [-0.15, -0.1) is 0 Å². The molecule has 0 saturated carbocycles. The number of carbonyl (C=O) groups is 2. The number of ether oxygens (including phenoxy) is 1. The minimum atomic E-state index is -0.809. The fourth-order valence-corrected chi connectivity index (χ4v) is 4.85. The third kappa shape index (κ3) is 4.06. The van der Waals surface area contributed by atoms with Crippen LogP contribution >= 0.6 is 11.6 Å². The normalized spacial score (nSPS) is 17.3. The molecule has 176 valence electrons. The summed E-state index contributed by atoms with van der Waals surface area (Å²) in [6.45, 7) is 0.279. The molecule has 0 spiro atoms. The van der Waals surface area contributed by atoms with Gasteiger partial charge in [0.15, 0.2) is 0 Å². The molecule has 1 atom stereocenters. The number of benzene rings is 3. The minimum Gasteiger partial charge on any atom is -0.507 e. The number of H-pyrrole nitrogens is 1. The van der Waals surface area contributed by atoms with Gasteiger partial charge in [0.2, 0.25) is 0 Å². The smallest absolute Gasteiger partial charge is 0.295 e. The molecule has 5 rings (SSSR count). The van der Waals surface area contributed by atoms with Crippen LogP contribution in [-0.4, -0.2) is 40.3 Å². The molecule has 1 saturated heterocycles. The lowest BCUT2D eigenvalue weighted by Crippen LogP contribution is -2.31. The number of ketones is 1. The first-order chi connectivity index (χ1) is 17.0. The Bertz CT molecular complexity index is 1460. The van der Waals surface area contributed by atoms with Crippen LogP contribution in [0.4, 0.5) is 0 Å². The average molecular weight is 487 g/mol. The second-order valence-corrected chi connectivity index (χ2v) is 8.76. The molecule has 1 aromatic heterocycles. The van der Waals surface area contributed by atoms with Crippen LogP contribution in [0.15, 0.2) is 84.6 Å². The molecule has 0 unspecified atom stereocenters. The number of amides is 1. The maximum absolute atomic E-state index is 13.2. The first kappa shape index (κ1) is 22.7. The molecule has 4 aromatic rings. The molecule has 1 aliphatic rings. The lowest BCUT2D eigenvalue weighted by molar-refractivity contribution is -0.139. The molecule has 0 aliphatic carbocycles. The van der Waals surface area contributed by atoms with Crippen molar-refractivity contribution in [3.05, 3.63) is 106 Å². The zero-order valence-electron chi connectivity index (χ0n) is 19.0. The minimum absolute atomic E-state index is 0.0205. The first-order valence-electron chi connectivity index (χ1n) is 11.2. The van der Waals surface area contributed by atoms with Crippen molar-refractivity contribution in [1.29, 1.82) is 0 Å². The zero-order valence-corrected chi connectivity index (χ0v) is 19.8. The maximum Gasteiger partial charge on any atom is 0.295 e. The summed E-state index contributed by atoms with van der Waals surface area (Å²) in [5.41, 5.74) is 3.06. The molecule has 7 heteroatoms. The van der Waals surface area contributed by atoms with E-state index in [9.17, 15) is 14.7 Å². The van der Waals surface area contributed by atoms with Crippen LogP contribution in [0.3, 0.4) is 0 Å². The summed E-state index contributed by atoms with van der Waals surface area (Å²) in [7, 11) is 1.55. The van der Waals surface area contributed by atoms with E-state index in [-0.39, 0.29) is 17.9 Å². The zero-order chi connectivity index (χ0) is 24.5. The standard InChI is InChI=1S/C28H23ClN2O4/c1-35-19-12-10-17(11-13-19)26(32)24-25(21-7-2-4-8-22(21)29)31(28(34)27(24)33)15-14-18-16-30-23-9-5-3-6-20(18)23/h2-13,16,25,30,32H,14-15H2,1H3/t25-/m1/s1. The lowest BCUT2D eigenvalue weighted by atomic mass is 9.95. The van der Waals surface area contributed by atoms with Gasteiger partial charge in [-0.25, -0.2) is 0 Å². The third-order valence-electron chi connectivity index (χ3n) is 6.40. The number of fused-ring (bicyclic) bond motifs is 1.